The van der Waals surface area contributed by atoms with Crippen LogP contribution in [0.15, 0.2) is 24.5 Å². The largest absolute Gasteiger partial charge is 0.396 e. The zero-order valence-electron chi connectivity index (χ0n) is 6.78. The molecule has 2 rings (SSSR count). The molecule has 0 aliphatic rings. The van der Waals surface area contributed by atoms with Gasteiger partial charge in [0.2, 0.25) is 0 Å². The summed E-state index contributed by atoms with van der Waals surface area (Å²) in [6.45, 7) is 1.94. The van der Waals surface area contributed by atoms with Gasteiger partial charge in [-0.15, -0.1) is 0 Å². The van der Waals surface area contributed by atoms with Crippen molar-refractivity contribution < 1.29 is 0 Å². The summed E-state index contributed by atoms with van der Waals surface area (Å²) in [5.74, 6) is 0. The van der Waals surface area contributed by atoms with E-state index in [-0.39, 0.29) is 0 Å². The van der Waals surface area contributed by atoms with Crippen molar-refractivity contribution in [2.75, 3.05) is 5.73 Å². The number of nitrogen functional groups attached to an aromatic ring is 1. The molecule has 2 aromatic heterocycles. The summed E-state index contributed by atoms with van der Waals surface area (Å²) < 4.78 is 0. The van der Waals surface area contributed by atoms with Crippen LogP contribution in [0.2, 0.25) is 0 Å². The third-order valence-electron chi connectivity index (χ3n) is 1.77. The molecule has 0 spiro atoms. The molecule has 0 radical (unpaired) electrons. The fourth-order valence-corrected chi connectivity index (χ4v) is 1.16. The van der Waals surface area contributed by atoms with Gasteiger partial charge in [-0.2, -0.15) is 0 Å². The second kappa shape index (κ2) is 2.44. The zero-order chi connectivity index (χ0) is 8.55. The maximum Gasteiger partial charge on any atom is 0.0965 e. The number of fused-ring (bicyclic) bond motifs is 1. The minimum atomic E-state index is 0.635. The van der Waals surface area contributed by atoms with E-state index in [0.717, 1.165) is 16.6 Å². The van der Waals surface area contributed by atoms with Gasteiger partial charge in [0.15, 0.2) is 0 Å². The summed E-state index contributed by atoms with van der Waals surface area (Å²) in [5.41, 5.74) is 8.15. The maximum atomic E-state index is 5.70. The number of nitrogens with two attached hydrogens (primary N) is 1. The van der Waals surface area contributed by atoms with Gasteiger partial charge in [0.1, 0.15) is 0 Å². The lowest BCUT2D eigenvalue weighted by molar-refractivity contribution is 1.24. The second-order valence-corrected chi connectivity index (χ2v) is 2.75. The van der Waals surface area contributed by atoms with Crippen LogP contribution in [0.3, 0.4) is 0 Å². The van der Waals surface area contributed by atoms with Crippen LogP contribution in [-0.4, -0.2) is 9.97 Å². The Hall–Kier alpha value is -1.64. The van der Waals surface area contributed by atoms with Gasteiger partial charge in [-0.25, -0.2) is 0 Å². The number of nitrogens with zero attached hydrogens (tertiary/aromatic N) is 2. The van der Waals surface area contributed by atoms with Crippen LogP contribution in [0.5, 0.6) is 0 Å². The van der Waals surface area contributed by atoms with E-state index in [0.29, 0.717) is 5.69 Å². The third-order valence-corrected chi connectivity index (χ3v) is 1.77. The van der Waals surface area contributed by atoms with Crippen LogP contribution >= 0.6 is 0 Å². The van der Waals surface area contributed by atoms with Gasteiger partial charge in [0.25, 0.3) is 0 Å². The van der Waals surface area contributed by atoms with Crippen molar-refractivity contribution in [1.29, 1.82) is 0 Å². The van der Waals surface area contributed by atoms with E-state index in [4.69, 9.17) is 5.73 Å². The second-order valence-electron chi connectivity index (χ2n) is 2.75. The Morgan fingerprint density at radius 1 is 1.25 bits per heavy atom. The number of rotatable bonds is 0. The molecule has 0 saturated carbocycles. The lowest BCUT2D eigenvalue weighted by Gasteiger charge is -2.00. The molecular weight excluding hydrogens is 150 g/mol. The monoisotopic (exact) mass is 159 g/mol. The Kier molecular flexibility index (Phi) is 1.43. The van der Waals surface area contributed by atoms with Crippen molar-refractivity contribution in [3.05, 3.63) is 30.2 Å². The van der Waals surface area contributed by atoms with E-state index in [2.05, 4.69) is 9.97 Å². The molecule has 0 atom stereocenters. The van der Waals surface area contributed by atoms with Crippen LogP contribution in [0.1, 0.15) is 5.69 Å². The van der Waals surface area contributed by atoms with E-state index in [1.54, 1.807) is 12.4 Å². The highest BCUT2D eigenvalue weighted by atomic mass is 14.8. The first-order valence-electron chi connectivity index (χ1n) is 3.74. The predicted octanol–water partition coefficient (Wildman–Crippen LogP) is 1.52. The van der Waals surface area contributed by atoms with Crippen molar-refractivity contribution in [1.82, 2.24) is 9.97 Å². The number of aromatic nitrogens is 2. The van der Waals surface area contributed by atoms with Crippen molar-refractivity contribution in [3.8, 4) is 0 Å². The Labute approximate surface area is 70.3 Å². The van der Waals surface area contributed by atoms with Crippen LogP contribution in [0, 0.1) is 6.92 Å². The quantitative estimate of drug-likeness (QED) is 0.634. The zero-order valence-corrected chi connectivity index (χ0v) is 6.78. The molecule has 0 fully saturated rings. The lowest BCUT2D eigenvalue weighted by atomic mass is 10.2. The number of pyridine rings is 2. The van der Waals surface area contributed by atoms with Gasteiger partial charge in [-0.1, -0.05) is 0 Å². The van der Waals surface area contributed by atoms with Gasteiger partial charge in [-0.3, -0.25) is 9.97 Å². The first-order valence-corrected chi connectivity index (χ1v) is 3.74. The number of anilines is 1. The number of aryl methyl sites for hydroxylation is 1. The highest BCUT2D eigenvalue weighted by Crippen LogP contribution is 2.16. The first kappa shape index (κ1) is 7.03. The van der Waals surface area contributed by atoms with E-state index in [9.17, 15) is 0 Å². The Balaban J connectivity index is 2.88. The average molecular weight is 159 g/mol. The fraction of sp³-hybridized carbons (Fsp3) is 0.111. The van der Waals surface area contributed by atoms with Crippen LogP contribution in [0.4, 0.5) is 5.69 Å². The normalized spacial score (nSPS) is 10.4. The van der Waals surface area contributed by atoms with Gasteiger partial charge >= 0.3 is 0 Å². The van der Waals surface area contributed by atoms with Crippen molar-refractivity contribution in [3.63, 3.8) is 0 Å². The van der Waals surface area contributed by atoms with Gasteiger partial charge in [0.05, 0.1) is 17.4 Å². The minimum Gasteiger partial charge on any atom is -0.396 e. The molecule has 0 amide bonds. The molecule has 0 aliphatic carbocycles. The molecule has 3 nitrogen and oxygen atoms in total. The minimum absolute atomic E-state index is 0.635. The van der Waals surface area contributed by atoms with E-state index in [1.807, 2.05) is 19.1 Å². The van der Waals surface area contributed by atoms with Gasteiger partial charge in [0, 0.05) is 17.3 Å². The summed E-state index contributed by atoms with van der Waals surface area (Å²) in [6.07, 6.45) is 3.38. The Morgan fingerprint density at radius 3 is 2.92 bits per heavy atom. The molecule has 2 heterocycles. The highest BCUT2D eigenvalue weighted by molar-refractivity contribution is 5.87. The lowest BCUT2D eigenvalue weighted by Crippen LogP contribution is -1.91. The topological polar surface area (TPSA) is 51.8 Å². The Morgan fingerprint density at radius 2 is 2.08 bits per heavy atom. The highest BCUT2D eigenvalue weighted by Gasteiger charge is 1.98. The molecule has 12 heavy (non-hydrogen) atoms. The van der Waals surface area contributed by atoms with E-state index in [1.165, 1.54) is 0 Å². The van der Waals surface area contributed by atoms with Crippen molar-refractivity contribution in [2.24, 2.45) is 0 Å². The molecule has 2 aromatic rings. The SMILES string of the molecule is Cc1ccc2cncc(N)c2n1. The summed E-state index contributed by atoms with van der Waals surface area (Å²) in [5, 5.41) is 0.987. The molecular formula is C9H9N3. The van der Waals surface area contributed by atoms with E-state index < -0.39 is 0 Å². The third kappa shape index (κ3) is 0.993. The van der Waals surface area contributed by atoms with Gasteiger partial charge in [-0.05, 0) is 19.1 Å². The molecule has 2 N–H and O–H groups in total. The maximum absolute atomic E-state index is 5.70. The molecule has 0 bridgehead atoms. The number of hydrogen-bond acceptors (Lipinski definition) is 3. The molecule has 0 aromatic carbocycles. The molecule has 0 aliphatic heterocycles. The van der Waals surface area contributed by atoms with Crippen molar-refractivity contribution >= 4 is 16.6 Å². The van der Waals surface area contributed by atoms with Crippen LogP contribution in [0.25, 0.3) is 10.9 Å². The fourth-order valence-electron chi connectivity index (χ4n) is 1.16. The summed E-state index contributed by atoms with van der Waals surface area (Å²) in [4.78, 5) is 8.29. The van der Waals surface area contributed by atoms with Crippen LogP contribution < -0.4 is 5.73 Å². The summed E-state index contributed by atoms with van der Waals surface area (Å²) in [6, 6.07) is 3.92. The predicted molar refractivity (Wildman–Crippen MR) is 48.7 cm³/mol. The summed E-state index contributed by atoms with van der Waals surface area (Å²) >= 11 is 0. The first-order chi connectivity index (χ1) is 5.77. The summed E-state index contributed by atoms with van der Waals surface area (Å²) in [7, 11) is 0. The molecule has 0 saturated heterocycles. The van der Waals surface area contributed by atoms with Crippen LogP contribution in [-0.2, 0) is 0 Å². The Bertz CT molecular complexity index is 423. The van der Waals surface area contributed by atoms with E-state index >= 15 is 0 Å². The molecule has 3 heteroatoms. The average Bonchev–Trinajstić information content (AvgIpc) is 2.07. The smallest absolute Gasteiger partial charge is 0.0965 e. The number of hydrogen-bond donors (Lipinski definition) is 1. The van der Waals surface area contributed by atoms with Crippen molar-refractivity contribution in [2.45, 2.75) is 6.92 Å². The molecule has 0 unspecified atom stereocenters. The standard InChI is InChI=1S/C9H9N3/c1-6-2-3-7-4-11-5-8(10)9(7)12-6/h2-5H,10H2,1H3. The van der Waals surface area contributed by atoms with Gasteiger partial charge < -0.3 is 5.73 Å². The molecule has 60 valence electrons.